The lowest BCUT2D eigenvalue weighted by molar-refractivity contribution is -0.132. The molecule has 1 heterocycles. The molecule has 0 saturated carbocycles. The predicted molar refractivity (Wildman–Crippen MR) is 138 cm³/mol. The molecule has 4 aromatic rings. The molecule has 35 heavy (non-hydrogen) atoms. The van der Waals surface area contributed by atoms with E-state index in [9.17, 15) is 14.7 Å². The molecule has 174 valence electrons. The normalized spacial score (nSPS) is 17.2. The lowest BCUT2D eigenvalue weighted by Gasteiger charge is -2.27. The van der Waals surface area contributed by atoms with Crippen molar-refractivity contribution in [3.8, 4) is 5.75 Å². The first kappa shape index (κ1) is 22.4. The van der Waals surface area contributed by atoms with Gasteiger partial charge in [-0.15, -0.1) is 0 Å². The van der Waals surface area contributed by atoms with Gasteiger partial charge in [0.15, 0.2) is 0 Å². The maximum Gasteiger partial charge on any atom is 0.300 e. The number of hydrogen-bond donors (Lipinski definition) is 1. The fraction of sp³-hybridized carbons (Fsp3) is 0.133. The van der Waals surface area contributed by atoms with Crippen molar-refractivity contribution in [1.82, 2.24) is 0 Å². The number of Topliss-reactive ketones (excluding diaryl/α,β-unsaturated/α-hetero) is 1. The number of rotatable bonds is 4. The number of para-hydroxylation sites is 1. The number of ether oxygens (including phenoxy) is 1. The Bertz CT molecular complexity index is 1510. The van der Waals surface area contributed by atoms with Crippen LogP contribution in [0.4, 0.5) is 5.69 Å². The molecule has 0 aliphatic carbocycles. The number of anilines is 1. The van der Waals surface area contributed by atoms with Gasteiger partial charge < -0.3 is 9.84 Å². The second kappa shape index (κ2) is 8.76. The number of ketones is 1. The second-order valence-electron chi connectivity index (χ2n) is 8.71. The van der Waals surface area contributed by atoms with Crippen LogP contribution in [0.3, 0.4) is 0 Å². The highest BCUT2D eigenvalue weighted by Crippen LogP contribution is 2.45. The molecule has 4 aromatic carbocycles. The van der Waals surface area contributed by atoms with Crippen molar-refractivity contribution < 1.29 is 19.4 Å². The van der Waals surface area contributed by atoms with Crippen LogP contribution in [0.25, 0.3) is 16.5 Å². The number of nitrogens with zero attached hydrogens (tertiary/aromatic N) is 1. The van der Waals surface area contributed by atoms with Crippen molar-refractivity contribution in [3.63, 3.8) is 0 Å². The summed E-state index contributed by atoms with van der Waals surface area (Å²) in [6, 6.07) is 25.2. The number of amides is 1. The zero-order chi connectivity index (χ0) is 24.7. The van der Waals surface area contributed by atoms with E-state index in [0.717, 1.165) is 21.9 Å². The number of carbonyl (C=O) groups is 2. The van der Waals surface area contributed by atoms with E-state index in [4.69, 9.17) is 4.74 Å². The molecule has 0 spiro atoms. The number of benzene rings is 4. The van der Waals surface area contributed by atoms with Crippen molar-refractivity contribution in [1.29, 1.82) is 0 Å². The van der Waals surface area contributed by atoms with Crippen LogP contribution in [-0.2, 0) is 9.59 Å². The van der Waals surface area contributed by atoms with Crippen LogP contribution >= 0.6 is 0 Å². The van der Waals surface area contributed by atoms with E-state index in [1.54, 1.807) is 19.2 Å². The number of methoxy groups -OCH3 is 1. The minimum absolute atomic E-state index is 0.0362. The van der Waals surface area contributed by atoms with Gasteiger partial charge >= 0.3 is 0 Å². The van der Waals surface area contributed by atoms with Gasteiger partial charge in [0.1, 0.15) is 11.5 Å². The van der Waals surface area contributed by atoms with E-state index < -0.39 is 17.7 Å². The molecule has 1 saturated heterocycles. The summed E-state index contributed by atoms with van der Waals surface area (Å²) >= 11 is 0. The molecule has 1 amide bonds. The van der Waals surface area contributed by atoms with E-state index in [1.165, 1.54) is 4.90 Å². The third kappa shape index (κ3) is 3.66. The number of aliphatic hydroxyl groups excluding tert-OH is 1. The minimum atomic E-state index is -0.854. The van der Waals surface area contributed by atoms with Crippen LogP contribution in [0, 0.1) is 13.8 Å². The summed E-state index contributed by atoms with van der Waals surface area (Å²) in [6.07, 6.45) is 0. The van der Waals surface area contributed by atoms with Gasteiger partial charge in [0.2, 0.25) is 0 Å². The number of fused-ring (bicyclic) bond motifs is 1. The Hall–Kier alpha value is -4.38. The van der Waals surface area contributed by atoms with Crippen molar-refractivity contribution in [2.45, 2.75) is 19.9 Å². The molecule has 0 radical (unpaired) electrons. The summed E-state index contributed by atoms with van der Waals surface area (Å²) in [7, 11) is 1.55. The van der Waals surface area contributed by atoms with E-state index >= 15 is 0 Å². The van der Waals surface area contributed by atoms with E-state index in [0.29, 0.717) is 22.6 Å². The summed E-state index contributed by atoms with van der Waals surface area (Å²) in [6.45, 7) is 3.95. The molecule has 1 aliphatic rings. The van der Waals surface area contributed by atoms with Crippen molar-refractivity contribution >= 4 is 33.9 Å². The molecule has 1 unspecified atom stereocenters. The molecule has 1 N–H and O–H groups in total. The summed E-state index contributed by atoms with van der Waals surface area (Å²) in [5, 5.41) is 13.3. The Morgan fingerprint density at radius 2 is 1.57 bits per heavy atom. The van der Waals surface area contributed by atoms with Crippen LogP contribution < -0.4 is 9.64 Å². The maximum absolute atomic E-state index is 13.5. The SMILES string of the molecule is COc1ccccc1C1/C(=C(\O)c2cccc3ccccc23)C(=O)C(=O)N1c1ccc(C)c(C)c1. The first-order valence-electron chi connectivity index (χ1n) is 11.4. The third-order valence-electron chi connectivity index (χ3n) is 6.69. The van der Waals surface area contributed by atoms with Gasteiger partial charge in [-0.2, -0.15) is 0 Å². The lowest BCUT2D eigenvalue weighted by Crippen LogP contribution is -2.29. The third-order valence-corrected chi connectivity index (χ3v) is 6.69. The number of aryl methyl sites for hydroxylation is 2. The highest BCUT2D eigenvalue weighted by atomic mass is 16.5. The number of carbonyl (C=O) groups excluding carboxylic acids is 2. The van der Waals surface area contributed by atoms with Gasteiger partial charge in [0.05, 0.1) is 18.7 Å². The molecule has 1 aliphatic heterocycles. The fourth-order valence-corrected chi connectivity index (χ4v) is 4.74. The zero-order valence-corrected chi connectivity index (χ0v) is 19.8. The Morgan fingerprint density at radius 1 is 0.857 bits per heavy atom. The molecular formula is C30H25NO4. The quantitative estimate of drug-likeness (QED) is 0.226. The van der Waals surface area contributed by atoms with Crippen molar-refractivity contribution in [2.75, 3.05) is 12.0 Å². The average Bonchev–Trinajstić information content (AvgIpc) is 3.15. The van der Waals surface area contributed by atoms with Crippen LogP contribution in [-0.4, -0.2) is 23.9 Å². The Morgan fingerprint density at radius 3 is 2.34 bits per heavy atom. The topological polar surface area (TPSA) is 66.8 Å². The van der Waals surface area contributed by atoms with Crippen molar-refractivity contribution in [3.05, 3.63) is 113 Å². The standard InChI is InChI=1S/C30H25NO4/c1-18-15-16-21(17-19(18)2)31-27(24-12-6-7-14-25(24)35-3)26(29(33)30(31)34)28(32)23-13-8-10-20-9-4-5-11-22(20)23/h4-17,27,32H,1-3H3/b28-26+. The Balaban J connectivity index is 1.81. The van der Waals surface area contributed by atoms with E-state index in [1.807, 2.05) is 86.6 Å². The molecule has 5 rings (SSSR count). The summed E-state index contributed by atoms with van der Waals surface area (Å²) in [5.74, 6) is -1.10. The van der Waals surface area contributed by atoms with E-state index in [2.05, 4.69) is 0 Å². The van der Waals surface area contributed by atoms with Crippen molar-refractivity contribution in [2.24, 2.45) is 0 Å². The highest BCUT2D eigenvalue weighted by molar-refractivity contribution is 6.52. The van der Waals surface area contributed by atoms with Gasteiger partial charge in [-0.3, -0.25) is 14.5 Å². The molecular weight excluding hydrogens is 438 g/mol. The van der Waals surface area contributed by atoms with Crippen LogP contribution in [0.2, 0.25) is 0 Å². The molecule has 5 nitrogen and oxygen atoms in total. The first-order valence-corrected chi connectivity index (χ1v) is 11.4. The largest absolute Gasteiger partial charge is 0.507 e. The monoisotopic (exact) mass is 463 g/mol. The van der Waals surface area contributed by atoms with Gasteiger partial charge in [0.25, 0.3) is 11.7 Å². The Labute approximate surface area is 203 Å². The summed E-state index contributed by atoms with van der Waals surface area (Å²) < 4.78 is 5.61. The van der Waals surface area contributed by atoms with Gasteiger partial charge in [0, 0.05) is 16.8 Å². The molecule has 0 aromatic heterocycles. The molecule has 1 atom stereocenters. The lowest BCUT2D eigenvalue weighted by atomic mass is 9.92. The smallest absolute Gasteiger partial charge is 0.300 e. The maximum atomic E-state index is 13.5. The van der Waals surface area contributed by atoms with Gasteiger partial charge in [-0.1, -0.05) is 66.7 Å². The van der Waals surface area contributed by atoms with Gasteiger partial charge in [-0.05, 0) is 53.9 Å². The summed E-state index contributed by atoms with van der Waals surface area (Å²) in [4.78, 5) is 28.5. The van der Waals surface area contributed by atoms with Crippen LogP contribution in [0.15, 0.2) is 90.5 Å². The minimum Gasteiger partial charge on any atom is -0.507 e. The Kier molecular flexibility index (Phi) is 5.61. The average molecular weight is 464 g/mol. The number of aliphatic hydroxyl groups is 1. The number of hydrogen-bond acceptors (Lipinski definition) is 4. The predicted octanol–water partition coefficient (Wildman–Crippen LogP) is 6.09. The zero-order valence-electron chi connectivity index (χ0n) is 19.8. The molecule has 0 bridgehead atoms. The summed E-state index contributed by atoms with van der Waals surface area (Å²) in [5.41, 5.74) is 3.82. The molecule has 1 fully saturated rings. The fourth-order valence-electron chi connectivity index (χ4n) is 4.74. The second-order valence-corrected chi connectivity index (χ2v) is 8.71. The van der Waals surface area contributed by atoms with Gasteiger partial charge in [-0.25, -0.2) is 0 Å². The van der Waals surface area contributed by atoms with Crippen LogP contribution in [0.5, 0.6) is 5.75 Å². The first-order chi connectivity index (χ1) is 16.9. The molecule has 5 heteroatoms. The highest BCUT2D eigenvalue weighted by Gasteiger charge is 2.48. The van der Waals surface area contributed by atoms with Crippen LogP contribution in [0.1, 0.15) is 28.3 Å². The van der Waals surface area contributed by atoms with E-state index in [-0.39, 0.29) is 11.3 Å².